The normalized spacial score (nSPS) is 20.7. The number of fused-ring (bicyclic) bond motifs is 1. The number of amides is 1. The summed E-state index contributed by atoms with van der Waals surface area (Å²) in [4.78, 5) is 15.2. The van der Waals surface area contributed by atoms with Crippen LogP contribution in [0, 0.1) is 0 Å². The molecule has 0 spiro atoms. The average molecular weight is 336 g/mol. The van der Waals surface area contributed by atoms with Crippen molar-refractivity contribution in [2.45, 2.75) is 31.4 Å². The molecule has 1 N–H and O–H groups in total. The Morgan fingerprint density at radius 1 is 1.08 bits per heavy atom. The Morgan fingerprint density at radius 3 is 2.56 bits per heavy atom. The Balaban J connectivity index is 1.45. The first-order chi connectivity index (χ1) is 12.3. The molecule has 2 aromatic carbocycles. The van der Waals surface area contributed by atoms with Crippen LogP contribution in [0.3, 0.4) is 0 Å². The van der Waals surface area contributed by atoms with Crippen molar-refractivity contribution < 1.29 is 9.53 Å². The van der Waals surface area contributed by atoms with E-state index >= 15 is 0 Å². The Hall–Kier alpha value is -2.33. The van der Waals surface area contributed by atoms with Crippen molar-refractivity contribution in [3.63, 3.8) is 0 Å². The zero-order valence-electron chi connectivity index (χ0n) is 14.4. The molecule has 0 saturated carbocycles. The lowest BCUT2D eigenvalue weighted by Crippen LogP contribution is -2.43. The van der Waals surface area contributed by atoms with Gasteiger partial charge in [0.2, 0.25) is 0 Å². The number of rotatable bonds is 5. The van der Waals surface area contributed by atoms with E-state index in [1.807, 2.05) is 42.5 Å². The number of nitrogens with zero attached hydrogens (tertiary/aromatic N) is 1. The van der Waals surface area contributed by atoms with Gasteiger partial charge >= 0.3 is 0 Å². The number of carbonyl (C=O) groups excluding carboxylic acids is 1. The van der Waals surface area contributed by atoms with E-state index in [2.05, 4.69) is 22.3 Å². The molecule has 4 nitrogen and oxygen atoms in total. The third-order valence-corrected chi connectivity index (χ3v) is 5.10. The van der Waals surface area contributed by atoms with Crippen LogP contribution in [0.25, 0.3) is 0 Å². The van der Waals surface area contributed by atoms with Crippen LogP contribution >= 0.6 is 0 Å². The average Bonchev–Trinajstić information content (AvgIpc) is 3.31. The van der Waals surface area contributed by atoms with Crippen LogP contribution in [0.4, 0.5) is 0 Å². The fourth-order valence-electron chi connectivity index (χ4n) is 3.74. The maximum atomic E-state index is 12.8. The summed E-state index contributed by atoms with van der Waals surface area (Å²) in [6.45, 7) is 3.09. The largest absolute Gasteiger partial charge is 0.480 e. The number of nitrogens with one attached hydrogen (secondary N) is 1. The number of hydrogen-bond donors (Lipinski definition) is 1. The van der Waals surface area contributed by atoms with Gasteiger partial charge in [-0.1, -0.05) is 48.5 Å². The highest BCUT2D eigenvalue weighted by Crippen LogP contribution is 2.28. The zero-order valence-corrected chi connectivity index (χ0v) is 14.4. The Kier molecular flexibility index (Phi) is 4.70. The molecule has 2 heterocycles. The van der Waals surface area contributed by atoms with Crippen molar-refractivity contribution in [2.24, 2.45) is 0 Å². The highest BCUT2D eigenvalue weighted by atomic mass is 16.5. The van der Waals surface area contributed by atoms with Crippen LogP contribution < -0.4 is 10.1 Å². The molecule has 1 saturated heterocycles. The Morgan fingerprint density at radius 2 is 1.80 bits per heavy atom. The van der Waals surface area contributed by atoms with Gasteiger partial charge in [0.05, 0.1) is 6.04 Å². The predicted octanol–water partition coefficient (Wildman–Crippen LogP) is 2.94. The van der Waals surface area contributed by atoms with Gasteiger partial charge in [-0.05, 0) is 43.1 Å². The van der Waals surface area contributed by atoms with Crippen LogP contribution in [0.2, 0.25) is 0 Å². The van der Waals surface area contributed by atoms with Crippen molar-refractivity contribution in [3.8, 4) is 5.75 Å². The molecule has 0 aromatic heterocycles. The second-order valence-corrected chi connectivity index (χ2v) is 6.90. The summed E-state index contributed by atoms with van der Waals surface area (Å²) in [5, 5.41) is 3.23. The second kappa shape index (κ2) is 7.28. The molecule has 0 radical (unpaired) electrons. The molecule has 1 fully saturated rings. The highest BCUT2D eigenvalue weighted by molar-refractivity contribution is 5.83. The Bertz CT molecular complexity index is 701. The van der Waals surface area contributed by atoms with Crippen molar-refractivity contribution in [3.05, 3.63) is 65.7 Å². The number of ether oxygens (including phenoxy) is 1. The topological polar surface area (TPSA) is 41.6 Å². The molecular weight excluding hydrogens is 312 g/mol. The van der Waals surface area contributed by atoms with Crippen LogP contribution in [-0.4, -0.2) is 36.5 Å². The van der Waals surface area contributed by atoms with Crippen molar-refractivity contribution in [1.82, 2.24) is 10.2 Å². The number of likely N-dealkylation sites (tertiary alicyclic amines) is 1. The molecule has 130 valence electrons. The molecule has 2 aliphatic heterocycles. The van der Waals surface area contributed by atoms with Gasteiger partial charge in [0.1, 0.15) is 5.75 Å². The smallest absolute Gasteiger partial charge is 0.261 e. The van der Waals surface area contributed by atoms with Gasteiger partial charge in [0, 0.05) is 13.0 Å². The molecule has 4 rings (SSSR count). The van der Waals surface area contributed by atoms with Gasteiger partial charge in [0.25, 0.3) is 5.91 Å². The second-order valence-electron chi connectivity index (χ2n) is 6.90. The number of carbonyl (C=O) groups is 1. The lowest BCUT2D eigenvalue weighted by Gasteiger charge is -2.26. The molecule has 4 heteroatoms. The third-order valence-electron chi connectivity index (χ3n) is 5.10. The summed E-state index contributed by atoms with van der Waals surface area (Å²) in [5.41, 5.74) is 2.26. The summed E-state index contributed by atoms with van der Waals surface area (Å²) < 4.78 is 5.85. The summed E-state index contributed by atoms with van der Waals surface area (Å²) in [6, 6.07) is 18.1. The SMILES string of the molecule is O=C(NC(CN1CCCC1)c1ccccc1)C1Cc2ccccc2O1. The monoisotopic (exact) mass is 336 g/mol. The summed E-state index contributed by atoms with van der Waals surface area (Å²) in [5.74, 6) is 0.808. The quantitative estimate of drug-likeness (QED) is 0.913. The molecule has 2 unspecified atom stereocenters. The first-order valence-corrected chi connectivity index (χ1v) is 9.12. The minimum atomic E-state index is -0.429. The van der Waals surface area contributed by atoms with Crippen LogP contribution in [-0.2, 0) is 11.2 Å². The standard InChI is InChI=1S/C21H24N2O2/c24-21(20-14-17-10-4-5-11-19(17)25-20)22-18(15-23-12-6-7-13-23)16-8-2-1-3-9-16/h1-5,8-11,18,20H,6-7,12-15H2,(H,22,24). The van der Waals surface area contributed by atoms with Crippen LogP contribution in [0.15, 0.2) is 54.6 Å². The molecule has 25 heavy (non-hydrogen) atoms. The molecule has 2 aromatic rings. The maximum Gasteiger partial charge on any atom is 0.261 e. The van der Waals surface area contributed by atoms with E-state index in [4.69, 9.17) is 4.74 Å². The predicted molar refractivity (Wildman–Crippen MR) is 97.6 cm³/mol. The Labute approximate surface area is 148 Å². The van der Waals surface area contributed by atoms with E-state index < -0.39 is 6.10 Å². The van der Waals surface area contributed by atoms with Gasteiger partial charge in [-0.15, -0.1) is 0 Å². The van der Waals surface area contributed by atoms with Gasteiger partial charge in [-0.25, -0.2) is 0 Å². The van der Waals surface area contributed by atoms with Crippen LogP contribution in [0.5, 0.6) is 5.75 Å². The third kappa shape index (κ3) is 3.69. The van der Waals surface area contributed by atoms with Crippen molar-refractivity contribution >= 4 is 5.91 Å². The molecular formula is C21H24N2O2. The van der Waals surface area contributed by atoms with E-state index in [0.29, 0.717) is 6.42 Å². The number of hydrogen-bond acceptors (Lipinski definition) is 3. The summed E-state index contributed by atoms with van der Waals surface area (Å²) >= 11 is 0. The molecule has 1 amide bonds. The van der Waals surface area contributed by atoms with E-state index in [1.54, 1.807) is 0 Å². The minimum absolute atomic E-state index is 0.000822. The first-order valence-electron chi connectivity index (χ1n) is 9.12. The van der Waals surface area contributed by atoms with Crippen molar-refractivity contribution in [1.29, 1.82) is 0 Å². The molecule has 2 aliphatic rings. The fourth-order valence-corrected chi connectivity index (χ4v) is 3.74. The van der Waals surface area contributed by atoms with Gasteiger partial charge in [-0.3, -0.25) is 4.79 Å². The molecule has 0 aliphatic carbocycles. The fraction of sp³-hybridized carbons (Fsp3) is 0.381. The van der Waals surface area contributed by atoms with Gasteiger partial charge in [0.15, 0.2) is 6.10 Å². The lowest BCUT2D eigenvalue weighted by atomic mass is 10.1. The van der Waals surface area contributed by atoms with Crippen molar-refractivity contribution in [2.75, 3.05) is 19.6 Å². The van der Waals surface area contributed by atoms with E-state index in [0.717, 1.165) is 36.5 Å². The maximum absolute atomic E-state index is 12.8. The van der Waals surface area contributed by atoms with E-state index in [9.17, 15) is 4.79 Å². The number of benzene rings is 2. The first kappa shape index (κ1) is 16.2. The van der Waals surface area contributed by atoms with E-state index in [-0.39, 0.29) is 11.9 Å². The summed E-state index contributed by atoms with van der Waals surface area (Å²) in [6.07, 6.45) is 2.71. The van der Waals surface area contributed by atoms with Gasteiger partial charge in [-0.2, -0.15) is 0 Å². The number of para-hydroxylation sites is 1. The summed E-state index contributed by atoms with van der Waals surface area (Å²) in [7, 11) is 0. The van der Waals surface area contributed by atoms with Crippen LogP contribution in [0.1, 0.15) is 30.0 Å². The minimum Gasteiger partial charge on any atom is -0.480 e. The zero-order chi connectivity index (χ0) is 17.1. The molecule has 2 atom stereocenters. The molecule has 0 bridgehead atoms. The van der Waals surface area contributed by atoms with Gasteiger partial charge < -0.3 is 15.0 Å². The lowest BCUT2D eigenvalue weighted by molar-refractivity contribution is -0.128. The van der Waals surface area contributed by atoms with E-state index in [1.165, 1.54) is 12.8 Å². The highest BCUT2D eigenvalue weighted by Gasteiger charge is 2.31.